The SMILES string of the molecule is O=c1c(O)c[nH]nc1-c1ncnn1CC(CS(=O)(=O)O)C(c1ccccc1)c1ccccc1. The third kappa shape index (κ3) is 5.16. The van der Waals surface area contributed by atoms with Gasteiger partial charge in [0, 0.05) is 18.4 Å². The van der Waals surface area contributed by atoms with Crippen LogP contribution in [0.2, 0.25) is 0 Å². The fourth-order valence-electron chi connectivity index (χ4n) is 3.93. The molecule has 0 saturated carbocycles. The summed E-state index contributed by atoms with van der Waals surface area (Å²) in [7, 11) is -4.36. The Labute approximate surface area is 189 Å². The molecule has 0 spiro atoms. The van der Waals surface area contributed by atoms with E-state index in [9.17, 15) is 22.9 Å². The molecule has 2 aromatic carbocycles. The molecule has 33 heavy (non-hydrogen) atoms. The van der Waals surface area contributed by atoms with E-state index in [4.69, 9.17) is 0 Å². The van der Waals surface area contributed by atoms with Gasteiger partial charge >= 0.3 is 0 Å². The Hall–Kier alpha value is -3.83. The van der Waals surface area contributed by atoms with Crippen LogP contribution in [-0.4, -0.2) is 48.8 Å². The highest BCUT2D eigenvalue weighted by Gasteiger charge is 2.31. The molecule has 2 aromatic heterocycles. The van der Waals surface area contributed by atoms with Crippen molar-refractivity contribution >= 4 is 10.1 Å². The number of rotatable bonds is 8. The summed E-state index contributed by atoms with van der Waals surface area (Å²) in [6.07, 6.45) is 2.26. The Balaban J connectivity index is 1.81. The summed E-state index contributed by atoms with van der Waals surface area (Å²) in [4.78, 5) is 16.5. The van der Waals surface area contributed by atoms with Gasteiger partial charge in [-0.3, -0.25) is 14.4 Å². The third-order valence-corrected chi connectivity index (χ3v) is 6.12. The zero-order valence-electron chi connectivity index (χ0n) is 17.3. The Morgan fingerprint density at radius 1 is 1.00 bits per heavy atom. The number of hydrogen-bond acceptors (Lipinski definition) is 7. The fourth-order valence-corrected chi connectivity index (χ4v) is 4.77. The first-order valence-corrected chi connectivity index (χ1v) is 11.6. The molecule has 4 aromatic rings. The molecule has 4 rings (SSSR count). The van der Waals surface area contributed by atoms with Gasteiger partial charge in [-0.2, -0.15) is 18.6 Å². The van der Waals surface area contributed by atoms with Crippen LogP contribution in [0.4, 0.5) is 0 Å². The molecule has 0 saturated heterocycles. The number of nitrogens with zero attached hydrogens (tertiary/aromatic N) is 4. The molecule has 11 heteroatoms. The Morgan fingerprint density at radius 3 is 2.18 bits per heavy atom. The molecule has 1 unspecified atom stereocenters. The lowest BCUT2D eigenvalue weighted by molar-refractivity contribution is 0.394. The predicted octanol–water partition coefficient (Wildman–Crippen LogP) is 2.07. The van der Waals surface area contributed by atoms with Gasteiger partial charge in [0.1, 0.15) is 6.33 Å². The summed E-state index contributed by atoms with van der Waals surface area (Å²) >= 11 is 0. The Kier molecular flexibility index (Phi) is 6.33. The minimum Gasteiger partial charge on any atom is -0.503 e. The van der Waals surface area contributed by atoms with Gasteiger partial charge in [-0.05, 0) is 11.1 Å². The van der Waals surface area contributed by atoms with E-state index < -0.39 is 38.9 Å². The lowest BCUT2D eigenvalue weighted by atomic mass is 9.81. The average Bonchev–Trinajstić information content (AvgIpc) is 3.24. The maximum atomic E-state index is 12.4. The molecule has 0 aliphatic rings. The maximum Gasteiger partial charge on any atom is 0.265 e. The van der Waals surface area contributed by atoms with Crippen molar-refractivity contribution < 1.29 is 18.1 Å². The highest BCUT2D eigenvalue weighted by molar-refractivity contribution is 7.85. The smallest absolute Gasteiger partial charge is 0.265 e. The molecule has 0 radical (unpaired) electrons. The molecule has 0 fully saturated rings. The normalized spacial score (nSPS) is 12.7. The van der Waals surface area contributed by atoms with Crippen LogP contribution < -0.4 is 5.43 Å². The van der Waals surface area contributed by atoms with E-state index in [-0.39, 0.29) is 18.1 Å². The predicted molar refractivity (Wildman–Crippen MR) is 120 cm³/mol. The summed E-state index contributed by atoms with van der Waals surface area (Å²) in [6, 6.07) is 18.7. The van der Waals surface area contributed by atoms with E-state index in [2.05, 4.69) is 20.3 Å². The molecular formula is C22H21N5O5S. The van der Waals surface area contributed by atoms with Crippen molar-refractivity contribution in [2.24, 2.45) is 5.92 Å². The second-order valence-corrected chi connectivity index (χ2v) is 9.02. The van der Waals surface area contributed by atoms with Crippen LogP contribution in [-0.2, 0) is 16.7 Å². The van der Waals surface area contributed by atoms with Crippen LogP contribution >= 0.6 is 0 Å². The van der Waals surface area contributed by atoms with Crippen molar-refractivity contribution in [2.75, 3.05) is 5.75 Å². The quantitative estimate of drug-likeness (QED) is 0.333. The molecule has 10 nitrogen and oxygen atoms in total. The van der Waals surface area contributed by atoms with Gasteiger partial charge in [-0.25, -0.2) is 9.67 Å². The summed E-state index contributed by atoms with van der Waals surface area (Å²) in [5, 5.41) is 20.2. The van der Waals surface area contributed by atoms with E-state index in [0.717, 1.165) is 17.3 Å². The molecule has 0 amide bonds. The standard InChI is InChI=1S/C22H21N5O5S/c28-18-11-24-26-20(21(18)29)22-23-14-25-27(22)12-17(13-33(30,31)32)19(15-7-3-1-4-8-15)16-9-5-2-6-10-16/h1-11,14,17,19H,12-13H2,(H,24,29)(H,26,28)(H,30,31,32). The van der Waals surface area contributed by atoms with Crippen molar-refractivity contribution in [1.82, 2.24) is 25.0 Å². The monoisotopic (exact) mass is 467 g/mol. The average molecular weight is 468 g/mol. The van der Waals surface area contributed by atoms with Gasteiger partial charge in [-0.1, -0.05) is 60.7 Å². The van der Waals surface area contributed by atoms with Gasteiger partial charge in [0.25, 0.3) is 15.5 Å². The minimum atomic E-state index is -4.36. The number of H-pyrrole nitrogens is 1. The highest BCUT2D eigenvalue weighted by Crippen LogP contribution is 2.34. The molecule has 1 atom stereocenters. The Morgan fingerprint density at radius 2 is 1.61 bits per heavy atom. The van der Waals surface area contributed by atoms with Crippen LogP contribution in [0.5, 0.6) is 5.75 Å². The number of aromatic amines is 1. The second kappa shape index (κ2) is 9.35. The van der Waals surface area contributed by atoms with Crippen LogP contribution in [0.25, 0.3) is 11.5 Å². The summed E-state index contributed by atoms with van der Waals surface area (Å²) in [5.74, 6) is -2.11. The Bertz CT molecular complexity index is 1350. The highest BCUT2D eigenvalue weighted by atomic mass is 32.2. The van der Waals surface area contributed by atoms with Gasteiger partial charge < -0.3 is 5.11 Å². The molecule has 170 valence electrons. The van der Waals surface area contributed by atoms with Crippen LogP contribution in [0.3, 0.4) is 0 Å². The minimum absolute atomic E-state index is 0.000352. The summed E-state index contributed by atoms with van der Waals surface area (Å²) in [5.41, 5.74) is 0.811. The number of benzene rings is 2. The first kappa shape index (κ1) is 22.4. The largest absolute Gasteiger partial charge is 0.503 e. The molecule has 3 N–H and O–H groups in total. The van der Waals surface area contributed by atoms with E-state index in [1.807, 2.05) is 60.7 Å². The molecule has 0 aliphatic heterocycles. The summed E-state index contributed by atoms with van der Waals surface area (Å²) in [6.45, 7) is 0.000352. The maximum absolute atomic E-state index is 12.4. The lowest BCUT2D eigenvalue weighted by Crippen LogP contribution is -2.28. The third-order valence-electron chi connectivity index (χ3n) is 5.27. The molecule has 0 aliphatic carbocycles. The van der Waals surface area contributed by atoms with E-state index in [1.165, 1.54) is 11.0 Å². The van der Waals surface area contributed by atoms with Crippen molar-refractivity contribution in [3.8, 4) is 17.3 Å². The topological polar surface area (TPSA) is 151 Å². The number of aromatic nitrogens is 5. The van der Waals surface area contributed by atoms with Crippen molar-refractivity contribution in [3.05, 3.63) is 94.5 Å². The van der Waals surface area contributed by atoms with Crippen molar-refractivity contribution in [2.45, 2.75) is 12.5 Å². The van der Waals surface area contributed by atoms with Crippen LogP contribution in [0, 0.1) is 5.92 Å². The first-order valence-electron chi connectivity index (χ1n) is 10.0. The van der Waals surface area contributed by atoms with Crippen molar-refractivity contribution in [1.29, 1.82) is 0 Å². The number of nitrogens with one attached hydrogen (secondary N) is 1. The van der Waals surface area contributed by atoms with E-state index in [1.54, 1.807) is 0 Å². The molecular weight excluding hydrogens is 446 g/mol. The lowest BCUT2D eigenvalue weighted by Gasteiger charge is -2.27. The summed E-state index contributed by atoms with van der Waals surface area (Å²) < 4.78 is 35.1. The van der Waals surface area contributed by atoms with Crippen LogP contribution in [0.15, 0.2) is 78.0 Å². The van der Waals surface area contributed by atoms with Gasteiger partial charge in [0.2, 0.25) is 0 Å². The zero-order valence-corrected chi connectivity index (χ0v) is 18.1. The van der Waals surface area contributed by atoms with Crippen molar-refractivity contribution in [3.63, 3.8) is 0 Å². The van der Waals surface area contributed by atoms with Gasteiger partial charge in [0.05, 0.1) is 11.9 Å². The zero-order chi connectivity index (χ0) is 23.4. The van der Waals surface area contributed by atoms with Crippen LogP contribution in [0.1, 0.15) is 17.0 Å². The van der Waals surface area contributed by atoms with E-state index >= 15 is 0 Å². The van der Waals surface area contributed by atoms with Gasteiger partial charge in [-0.15, -0.1) is 0 Å². The molecule has 0 bridgehead atoms. The first-order chi connectivity index (χ1) is 15.8. The second-order valence-electron chi connectivity index (χ2n) is 7.52. The fraction of sp³-hybridized carbons (Fsp3) is 0.182. The van der Waals surface area contributed by atoms with Gasteiger partial charge in [0.15, 0.2) is 17.3 Å². The number of aromatic hydroxyl groups is 1. The number of hydrogen-bond donors (Lipinski definition) is 3. The molecule has 2 heterocycles. The van der Waals surface area contributed by atoms with E-state index in [0.29, 0.717) is 0 Å².